The number of furan rings is 2. The third-order valence-electron chi connectivity index (χ3n) is 6.75. The van der Waals surface area contributed by atoms with Gasteiger partial charge in [0, 0.05) is 39.4 Å². The fourth-order valence-corrected chi connectivity index (χ4v) is 4.86. The highest BCUT2D eigenvalue weighted by atomic mass is 16.5. The number of ketones is 1. The van der Waals surface area contributed by atoms with E-state index in [2.05, 4.69) is 4.90 Å². The summed E-state index contributed by atoms with van der Waals surface area (Å²) >= 11 is 0. The third-order valence-corrected chi connectivity index (χ3v) is 6.75. The zero-order chi connectivity index (χ0) is 25.2. The highest BCUT2D eigenvalue weighted by Gasteiger charge is 2.46. The van der Waals surface area contributed by atoms with Crippen molar-refractivity contribution in [1.29, 1.82) is 0 Å². The number of hydrogen-bond donors (Lipinski definition) is 1. The average molecular weight is 492 g/mol. The van der Waals surface area contributed by atoms with Crippen molar-refractivity contribution in [1.82, 2.24) is 9.80 Å². The highest BCUT2D eigenvalue weighted by molar-refractivity contribution is 6.15. The topological polar surface area (TPSA) is 99.6 Å². The Labute approximate surface area is 209 Å². The lowest BCUT2D eigenvalue weighted by atomic mass is 9.94. The van der Waals surface area contributed by atoms with Crippen LogP contribution >= 0.6 is 0 Å². The van der Waals surface area contributed by atoms with Crippen molar-refractivity contribution < 1.29 is 28.3 Å². The zero-order valence-corrected chi connectivity index (χ0v) is 20.3. The molecule has 2 aromatic heterocycles. The van der Waals surface area contributed by atoms with Gasteiger partial charge < -0.3 is 28.5 Å². The predicted molar refractivity (Wildman–Crippen MR) is 132 cm³/mol. The van der Waals surface area contributed by atoms with Gasteiger partial charge in [-0.05, 0) is 42.0 Å². The van der Waals surface area contributed by atoms with Gasteiger partial charge in [-0.2, -0.15) is 0 Å². The van der Waals surface area contributed by atoms with E-state index < -0.39 is 23.5 Å². The first kappa shape index (κ1) is 23.9. The number of carbonyl (C=O) groups is 2. The number of amides is 1. The van der Waals surface area contributed by atoms with E-state index in [1.807, 2.05) is 55.4 Å². The quantitative estimate of drug-likeness (QED) is 0.478. The number of morpholine rings is 1. The molecular formula is C27H29N3O6. The van der Waals surface area contributed by atoms with E-state index in [-0.39, 0.29) is 23.9 Å². The number of aliphatic hydroxyl groups excluding tert-OH is 1. The second-order valence-corrected chi connectivity index (χ2v) is 9.09. The molecule has 9 nitrogen and oxygen atoms in total. The zero-order valence-electron chi connectivity index (χ0n) is 20.3. The lowest BCUT2D eigenvalue weighted by molar-refractivity contribution is -0.130. The Balaban J connectivity index is 1.55. The molecule has 5 rings (SSSR count). The molecule has 0 aliphatic carbocycles. The molecule has 188 valence electrons. The molecule has 2 unspecified atom stereocenters. The second kappa shape index (κ2) is 10.0. The number of rotatable bonds is 8. The predicted octanol–water partition coefficient (Wildman–Crippen LogP) is 3.59. The average Bonchev–Trinajstić information content (AvgIpc) is 3.66. The van der Waals surface area contributed by atoms with Gasteiger partial charge in [-0.3, -0.25) is 14.5 Å². The van der Waals surface area contributed by atoms with Crippen LogP contribution in [-0.2, 0) is 9.53 Å². The van der Waals surface area contributed by atoms with Crippen molar-refractivity contribution in [3.63, 3.8) is 0 Å². The van der Waals surface area contributed by atoms with Gasteiger partial charge in [-0.1, -0.05) is 12.1 Å². The Morgan fingerprint density at radius 2 is 1.75 bits per heavy atom. The molecule has 0 radical (unpaired) electrons. The van der Waals surface area contributed by atoms with E-state index in [1.54, 1.807) is 17.2 Å². The summed E-state index contributed by atoms with van der Waals surface area (Å²) in [6, 6.07) is 13.4. The van der Waals surface area contributed by atoms with Gasteiger partial charge in [0.1, 0.15) is 5.76 Å². The first-order chi connectivity index (χ1) is 17.5. The van der Waals surface area contributed by atoms with Crippen LogP contribution in [0, 0.1) is 0 Å². The lowest BCUT2D eigenvalue weighted by Crippen LogP contribution is -2.45. The van der Waals surface area contributed by atoms with Gasteiger partial charge in [-0.25, -0.2) is 0 Å². The van der Waals surface area contributed by atoms with Crippen molar-refractivity contribution in [2.24, 2.45) is 0 Å². The molecule has 4 heterocycles. The smallest absolute Gasteiger partial charge is 0.290 e. The lowest BCUT2D eigenvalue weighted by Gasteiger charge is -2.37. The number of hydrogen-bond acceptors (Lipinski definition) is 8. The van der Waals surface area contributed by atoms with Crippen molar-refractivity contribution in [2.75, 3.05) is 51.8 Å². The van der Waals surface area contributed by atoms with Crippen LogP contribution in [0.4, 0.5) is 5.69 Å². The molecule has 2 atom stereocenters. The minimum absolute atomic E-state index is 0.00715. The number of aliphatic hydroxyl groups is 1. The SMILES string of the molecule is CN(C)c1ccc(C2C(C(=O)c3ccco3)=C(O)C(=O)N2CC(c2ccco2)N2CCOCC2)cc1. The Kier molecular flexibility index (Phi) is 6.67. The van der Waals surface area contributed by atoms with E-state index in [0.29, 0.717) is 37.6 Å². The normalized spacial score (nSPS) is 19.7. The molecule has 3 aromatic rings. The molecule has 1 aromatic carbocycles. The Bertz CT molecular complexity index is 1230. The molecule has 1 amide bonds. The summed E-state index contributed by atoms with van der Waals surface area (Å²) < 4.78 is 16.6. The van der Waals surface area contributed by atoms with Crippen LogP contribution in [0.2, 0.25) is 0 Å². The fraction of sp³-hybridized carbons (Fsp3) is 0.333. The maximum atomic E-state index is 13.5. The summed E-state index contributed by atoms with van der Waals surface area (Å²) in [6.45, 7) is 2.71. The van der Waals surface area contributed by atoms with Gasteiger partial charge >= 0.3 is 0 Å². The number of benzene rings is 1. The number of carbonyl (C=O) groups excluding carboxylic acids is 2. The Hall–Kier alpha value is -3.82. The van der Waals surface area contributed by atoms with Gasteiger partial charge in [0.2, 0.25) is 5.78 Å². The largest absolute Gasteiger partial charge is 0.503 e. The van der Waals surface area contributed by atoms with Gasteiger partial charge in [-0.15, -0.1) is 0 Å². The van der Waals surface area contributed by atoms with E-state index in [0.717, 1.165) is 5.69 Å². The van der Waals surface area contributed by atoms with Gasteiger partial charge in [0.25, 0.3) is 5.91 Å². The molecule has 0 bridgehead atoms. The van der Waals surface area contributed by atoms with Crippen LogP contribution in [0.3, 0.4) is 0 Å². The molecule has 36 heavy (non-hydrogen) atoms. The van der Waals surface area contributed by atoms with Crippen LogP contribution in [0.5, 0.6) is 0 Å². The van der Waals surface area contributed by atoms with Crippen LogP contribution in [-0.4, -0.2) is 73.5 Å². The first-order valence-corrected chi connectivity index (χ1v) is 11.9. The molecule has 0 saturated carbocycles. The Morgan fingerprint density at radius 1 is 1.06 bits per heavy atom. The van der Waals surface area contributed by atoms with Crippen molar-refractivity contribution >= 4 is 17.4 Å². The molecule has 1 fully saturated rings. The summed E-state index contributed by atoms with van der Waals surface area (Å²) in [5.74, 6) is -0.904. The highest BCUT2D eigenvalue weighted by Crippen LogP contribution is 2.41. The summed E-state index contributed by atoms with van der Waals surface area (Å²) in [6.07, 6.45) is 3.00. The Morgan fingerprint density at radius 3 is 2.36 bits per heavy atom. The summed E-state index contributed by atoms with van der Waals surface area (Å²) in [5, 5.41) is 11.0. The maximum absolute atomic E-state index is 13.5. The monoisotopic (exact) mass is 491 g/mol. The van der Waals surface area contributed by atoms with Crippen LogP contribution in [0.1, 0.15) is 34.0 Å². The molecule has 9 heteroatoms. The minimum atomic E-state index is -0.787. The summed E-state index contributed by atoms with van der Waals surface area (Å²) in [4.78, 5) is 32.7. The number of nitrogens with zero attached hydrogens (tertiary/aromatic N) is 3. The molecule has 1 N–H and O–H groups in total. The second-order valence-electron chi connectivity index (χ2n) is 9.09. The molecule has 0 spiro atoms. The van der Waals surface area contributed by atoms with Crippen molar-refractivity contribution in [3.8, 4) is 0 Å². The van der Waals surface area contributed by atoms with E-state index in [4.69, 9.17) is 13.6 Å². The molecule has 2 aliphatic heterocycles. The molecule has 2 aliphatic rings. The standard InChI is InChI=1S/C27H29N3O6/c1-28(2)19-9-7-18(8-10-19)24-23(25(31)22-6-4-14-36-22)26(32)27(33)30(24)17-20(21-5-3-13-35-21)29-11-15-34-16-12-29/h3-10,13-14,20,24,32H,11-12,15-17H2,1-2H3. The summed E-state index contributed by atoms with van der Waals surface area (Å²) in [5.41, 5.74) is 1.70. The van der Waals surface area contributed by atoms with E-state index in [9.17, 15) is 14.7 Å². The van der Waals surface area contributed by atoms with Crippen LogP contribution in [0.25, 0.3) is 0 Å². The minimum Gasteiger partial charge on any atom is -0.503 e. The number of Topliss-reactive ketones (excluding diaryl/α,β-unsaturated/α-hetero) is 1. The third kappa shape index (κ3) is 4.43. The van der Waals surface area contributed by atoms with Crippen molar-refractivity contribution in [2.45, 2.75) is 12.1 Å². The van der Waals surface area contributed by atoms with E-state index in [1.165, 1.54) is 12.3 Å². The maximum Gasteiger partial charge on any atom is 0.290 e. The summed E-state index contributed by atoms with van der Waals surface area (Å²) in [7, 11) is 3.88. The van der Waals surface area contributed by atoms with Crippen molar-refractivity contribution in [3.05, 3.63) is 89.5 Å². The molecule has 1 saturated heterocycles. The van der Waals surface area contributed by atoms with Crippen LogP contribution < -0.4 is 4.90 Å². The first-order valence-electron chi connectivity index (χ1n) is 11.9. The number of ether oxygens (including phenoxy) is 1. The van der Waals surface area contributed by atoms with Crippen LogP contribution in [0.15, 0.2) is 81.2 Å². The van der Waals surface area contributed by atoms with E-state index >= 15 is 0 Å². The fourth-order valence-electron chi connectivity index (χ4n) is 4.86. The number of anilines is 1. The van der Waals surface area contributed by atoms with Gasteiger partial charge in [0.15, 0.2) is 11.5 Å². The molecular weight excluding hydrogens is 462 g/mol. The van der Waals surface area contributed by atoms with Gasteiger partial charge in [0.05, 0.1) is 43.4 Å².